The summed E-state index contributed by atoms with van der Waals surface area (Å²) >= 11 is 0. The Hall–Kier alpha value is -0.160. The van der Waals surface area contributed by atoms with E-state index in [1.165, 1.54) is 45.4 Å². The Labute approximate surface area is 117 Å². The Balaban J connectivity index is 1.57. The molecule has 2 heterocycles. The summed E-state index contributed by atoms with van der Waals surface area (Å²) in [6.45, 7) is 10.2. The topological polar surface area (TPSA) is 27.7 Å². The highest BCUT2D eigenvalue weighted by molar-refractivity contribution is 4.93. The molecule has 1 saturated carbocycles. The largest absolute Gasteiger partial charge is 0.381 e. The maximum atomic E-state index is 5.73. The summed E-state index contributed by atoms with van der Waals surface area (Å²) in [6.07, 6.45) is 3.98. The summed E-state index contributed by atoms with van der Waals surface area (Å²) < 4.78 is 5.73. The molecule has 0 aromatic carbocycles. The summed E-state index contributed by atoms with van der Waals surface area (Å²) in [6, 6.07) is 1.49. The number of ether oxygens (including phenoxy) is 1. The third kappa shape index (κ3) is 3.48. The molecule has 0 radical (unpaired) electrons. The summed E-state index contributed by atoms with van der Waals surface area (Å²) in [5.41, 5.74) is 0.368. The molecular weight excluding hydrogens is 238 g/mol. The van der Waals surface area contributed by atoms with Gasteiger partial charge in [-0.3, -0.25) is 4.90 Å². The molecule has 2 unspecified atom stereocenters. The van der Waals surface area contributed by atoms with Gasteiger partial charge >= 0.3 is 0 Å². The first-order valence-electron chi connectivity index (χ1n) is 7.91. The third-order valence-corrected chi connectivity index (χ3v) is 5.03. The molecule has 1 N–H and O–H groups in total. The zero-order valence-corrected chi connectivity index (χ0v) is 12.5. The van der Waals surface area contributed by atoms with Crippen LogP contribution in [0.4, 0.5) is 0 Å². The lowest BCUT2D eigenvalue weighted by Crippen LogP contribution is -2.55. The monoisotopic (exact) mass is 267 g/mol. The van der Waals surface area contributed by atoms with E-state index in [9.17, 15) is 0 Å². The first kappa shape index (κ1) is 13.8. The van der Waals surface area contributed by atoms with Crippen LogP contribution >= 0.6 is 0 Å². The lowest BCUT2D eigenvalue weighted by molar-refractivity contribution is 0.0459. The summed E-state index contributed by atoms with van der Waals surface area (Å²) in [7, 11) is 2.23. The van der Waals surface area contributed by atoms with Crippen LogP contribution in [0.2, 0.25) is 0 Å². The van der Waals surface area contributed by atoms with Crippen LogP contribution in [0.25, 0.3) is 0 Å². The molecule has 2 saturated heterocycles. The van der Waals surface area contributed by atoms with Crippen LogP contribution < -0.4 is 5.32 Å². The molecule has 4 heteroatoms. The van der Waals surface area contributed by atoms with E-state index in [-0.39, 0.29) is 0 Å². The van der Waals surface area contributed by atoms with Crippen LogP contribution in [0.5, 0.6) is 0 Å². The molecule has 2 atom stereocenters. The van der Waals surface area contributed by atoms with E-state index < -0.39 is 0 Å². The second kappa shape index (κ2) is 5.68. The Morgan fingerprint density at radius 3 is 2.79 bits per heavy atom. The second-order valence-corrected chi connectivity index (χ2v) is 7.04. The van der Waals surface area contributed by atoms with E-state index >= 15 is 0 Å². The number of nitrogens with zero attached hydrogens (tertiary/aromatic N) is 2. The van der Waals surface area contributed by atoms with Crippen molar-refractivity contribution < 1.29 is 4.74 Å². The summed E-state index contributed by atoms with van der Waals surface area (Å²) in [5, 5.41) is 3.74. The highest BCUT2D eigenvalue weighted by Gasteiger charge is 2.39. The van der Waals surface area contributed by atoms with Gasteiger partial charge in [-0.25, -0.2) is 0 Å². The zero-order chi connectivity index (χ0) is 13.3. The van der Waals surface area contributed by atoms with E-state index in [1.807, 2.05) is 0 Å². The minimum Gasteiger partial charge on any atom is -0.381 e. The van der Waals surface area contributed by atoms with Gasteiger partial charge in [-0.2, -0.15) is 0 Å². The average molecular weight is 267 g/mol. The van der Waals surface area contributed by atoms with Crippen LogP contribution in [0.3, 0.4) is 0 Å². The van der Waals surface area contributed by atoms with E-state index in [2.05, 4.69) is 29.1 Å². The predicted molar refractivity (Wildman–Crippen MR) is 77.4 cm³/mol. The Bertz CT molecular complexity index is 300. The fourth-order valence-electron chi connectivity index (χ4n) is 3.46. The van der Waals surface area contributed by atoms with Gasteiger partial charge in [0.25, 0.3) is 0 Å². The van der Waals surface area contributed by atoms with Crippen LogP contribution in [0.15, 0.2) is 0 Å². The number of piperazine rings is 1. The van der Waals surface area contributed by atoms with Gasteiger partial charge in [0.05, 0.1) is 6.61 Å². The van der Waals surface area contributed by atoms with Crippen molar-refractivity contribution in [2.75, 3.05) is 53.0 Å². The Kier molecular flexibility index (Phi) is 4.13. The molecule has 1 aliphatic carbocycles. The lowest BCUT2D eigenvalue weighted by atomic mass is 9.85. The van der Waals surface area contributed by atoms with E-state index in [0.29, 0.717) is 11.5 Å². The molecule has 3 rings (SSSR count). The van der Waals surface area contributed by atoms with Crippen molar-refractivity contribution in [1.82, 2.24) is 15.1 Å². The minimum atomic E-state index is 0.368. The molecule has 0 bridgehead atoms. The smallest absolute Gasteiger partial charge is 0.0547 e. The molecule has 0 amide bonds. The number of nitrogens with one attached hydrogen (secondary N) is 1. The van der Waals surface area contributed by atoms with Crippen molar-refractivity contribution in [3.05, 3.63) is 0 Å². The highest BCUT2D eigenvalue weighted by atomic mass is 16.5. The van der Waals surface area contributed by atoms with Crippen molar-refractivity contribution in [1.29, 1.82) is 0 Å². The first-order chi connectivity index (χ1) is 9.17. The molecule has 2 aliphatic heterocycles. The molecule has 110 valence electrons. The predicted octanol–water partition coefficient (Wildman–Crippen LogP) is 0.781. The molecule has 0 aromatic rings. The van der Waals surface area contributed by atoms with Crippen molar-refractivity contribution in [3.8, 4) is 0 Å². The fourth-order valence-corrected chi connectivity index (χ4v) is 3.46. The number of hydrogen-bond acceptors (Lipinski definition) is 4. The van der Waals surface area contributed by atoms with Gasteiger partial charge in [0.2, 0.25) is 0 Å². The maximum absolute atomic E-state index is 5.73. The lowest BCUT2D eigenvalue weighted by Gasteiger charge is -2.43. The van der Waals surface area contributed by atoms with Crippen molar-refractivity contribution in [2.45, 2.75) is 38.3 Å². The average Bonchev–Trinajstić information content (AvgIpc) is 3.11. The van der Waals surface area contributed by atoms with E-state index in [0.717, 1.165) is 25.8 Å². The quantitative estimate of drug-likeness (QED) is 0.797. The van der Waals surface area contributed by atoms with Crippen molar-refractivity contribution in [2.24, 2.45) is 5.41 Å². The number of rotatable bonds is 5. The van der Waals surface area contributed by atoms with Gasteiger partial charge < -0.3 is 15.0 Å². The molecular formula is C15H29N3O. The molecule has 0 spiro atoms. The summed E-state index contributed by atoms with van der Waals surface area (Å²) in [5.74, 6) is 0. The van der Waals surface area contributed by atoms with Crippen LogP contribution in [-0.2, 0) is 4.74 Å². The minimum absolute atomic E-state index is 0.368. The van der Waals surface area contributed by atoms with E-state index in [4.69, 9.17) is 4.74 Å². The van der Waals surface area contributed by atoms with Gasteiger partial charge in [-0.15, -0.1) is 0 Å². The zero-order valence-electron chi connectivity index (χ0n) is 12.5. The van der Waals surface area contributed by atoms with Gasteiger partial charge in [-0.05, 0) is 33.2 Å². The van der Waals surface area contributed by atoms with Crippen molar-refractivity contribution in [3.63, 3.8) is 0 Å². The van der Waals surface area contributed by atoms with Crippen molar-refractivity contribution >= 4 is 0 Å². The normalized spacial score (nSPS) is 37.9. The standard InChI is InChI=1S/C15H29N3O/c1-13-9-17(2)6-7-18(13)11-15(5-8-19-12-15)10-16-14-3-4-14/h13-14,16H,3-12H2,1-2H3. The Morgan fingerprint density at radius 2 is 2.16 bits per heavy atom. The molecule has 4 nitrogen and oxygen atoms in total. The Morgan fingerprint density at radius 1 is 1.32 bits per heavy atom. The van der Waals surface area contributed by atoms with Gasteiger partial charge in [0, 0.05) is 56.8 Å². The van der Waals surface area contributed by atoms with Gasteiger partial charge in [0.15, 0.2) is 0 Å². The van der Waals surface area contributed by atoms with Crippen LogP contribution in [0.1, 0.15) is 26.2 Å². The summed E-state index contributed by atoms with van der Waals surface area (Å²) in [4.78, 5) is 5.13. The molecule has 3 fully saturated rings. The number of hydrogen-bond donors (Lipinski definition) is 1. The highest BCUT2D eigenvalue weighted by Crippen LogP contribution is 2.32. The van der Waals surface area contributed by atoms with E-state index in [1.54, 1.807) is 0 Å². The van der Waals surface area contributed by atoms with Gasteiger partial charge in [0.1, 0.15) is 0 Å². The molecule has 3 aliphatic rings. The van der Waals surface area contributed by atoms with Gasteiger partial charge in [-0.1, -0.05) is 0 Å². The number of likely N-dealkylation sites (N-methyl/N-ethyl adjacent to an activating group) is 1. The fraction of sp³-hybridized carbons (Fsp3) is 1.00. The molecule has 19 heavy (non-hydrogen) atoms. The third-order valence-electron chi connectivity index (χ3n) is 5.03. The molecule has 0 aromatic heterocycles. The maximum Gasteiger partial charge on any atom is 0.0547 e. The SMILES string of the molecule is CC1CN(C)CCN1CC1(CNC2CC2)CCOC1. The second-order valence-electron chi connectivity index (χ2n) is 7.04. The first-order valence-corrected chi connectivity index (χ1v) is 7.91. The van der Waals surface area contributed by atoms with Crippen LogP contribution in [0, 0.1) is 5.41 Å². The van der Waals surface area contributed by atoms with Crippen LogP contribution in [-0.4, -0.2) is 74.9 Å².